The van der Waals surface area contributed by atoms with Gasteiger partial charge in [-0.1, -0.05) is 12.1 Å². The molecule has 6 nitrogen and oxygen atoms in total. The Labute approximate surface area is 130 Å². The Hall–Kier alpha value is -2.08. The summed E-state index contributed by atoms with van der Waals surface area (Å²) in [5, 5.41) is 11.7. The minimum Gasteiger partial charge on any atom is -0.478 e. The Morgan fingerprint density at radius 3 is 2.73 bits per heavy atom. The van der Waals surface area contributed by atoms with Crippen LogP contribution in [0.15, 0.2) is 24.3 Å². The van der Waals surface area contributed by atoms with E-state index in [1.54, 1.807) is 31.4 Å². The average Bonchev–Trinajstić information content (AvgIpc) is 2.53. The van der Waals surface area contributed by atoms with E-state index >= 15 is 0 Å². The van der Waals surface area contributed by atoms with Crippen molar-refractivity contribution in [3.05, 3.63) is 35.4 Å². The first kappa shape index (κ1) is 16.3. The van der Waals surface area contributed by atoms with Crippen LogP contribution in [-0.4, -0.2) is 48.8 Å². The Bertz CT molecular complexity index is 513. The lowest BCUT2D eigenvalue weighted by Crippen LogP contribution is -2.46. The van der Waals surface area contributed by atoms with E-state index in [-0.39, 0.29) is 11.6 Å². The zero-order valence-corrected chi connectivity index (χ0v) is 12.7. The molecule has 1 heterocycles. The molecule has 1 unspecified atom stereocenters. The minimum atomic E-state index is -0.951. The molecule has 120 valence electrons. The molecule has 0 bridgehead atoms. The second kappa shape index (κ2) is 7.79. The quantitative estimate of drug-likeness (QED) is 0.871. The molecule has 1 aromatic rings. The van der Waals surface area contributed by atoms with E-state index in [4.69, 9.17) is 9.84 Å². The highest BCUT2D eigenvalue weighted by Gasteiger charge is 2.23. The summed E-state index contributed by atoms with van der Waals surface area (Å²) in [7, 11) is 1.68. The number of piperidine rings is 1. The fourth-order valence-electron chi connectivity index (χ4n) is 2.68. The molecule has 0 saturated carbocycles. The van der Waals surface area contributed by atoms with E-state index in [9.17, 15) is 9.59 Å². The molecule has 1 fully saturated rings. The van der Waals surface area contributed by atoms with E-state index in [1.165, 1.54) is 0 Å². The minimum absolute atomic E-state index is 0.0804. The average molecular weight is 306 g/mol. The summed E-state index contributed by atoms with van der Waals surface area (Å²) in [5.74, 6) is -0.549. The van der Waals surface area contributed by atoms with Gasteiger partial charge in [0.2, 0.25) is 0 Å². The van der Waals surface area contributed by atoms with E-state index in [1.807, 2.05) is 4.90 Å². The molecule has 2 rings (SSSR count). The third-order valence-corrected chi connectivity index (χ3v) is 3.85. The zero-order chi connectivity index (χ0) is 15.9. The number of likely N-dealkylation sites (tertiary alicyclic amines) is 1. The molecule has 22 heavy (non-hydrogen) atoms. The Morgan fingerprint density at radius 2 is 2.09 bits per heavy atom. The van der Waals surface area contributed by atoms with Crippen molar-refractivity contribution in [2.75, 3.05) is 26.8 Å². The summed E-state index contributed by atoms with van der Waals surface area (Å²) in [5.41, 5.74) is 1.12. The monoisotopic (exact) mass is 306 g/mol. The maximum Gasteiger partial charge on any atom is 0.335 e. The normalized spacial score (nSPS) is 18.0. The highest BCUT2D eigenvalue weighted by molar-refractivity contribution is 5.87. The van der Waals surface area contributed by atoms with Crippen molar-refractivity contribution >= 4 is 12.0 Å². The fourth-order valence-corrected chi connectivity index (χ4v) is 2.68. The number of benzene rings is 1. The molecule has 0 spiro atoms. The van der Waals surface area contributed by atoms with Gasteiger partial charge in [0.25, 0.3) is 0 Å². The van der Waals surface area contributed by atoms with Crippen LogP contribution in [0.25, 0.3) is 0 Å². The number of rotatable bonds is 5. The van der Waals surface area contributed by atoms with Crippen LogP contribution >= 0.6 is 0 Å². The molecule has 2 N–H and O–H groups in total. The van der Waals surface area contributed by atoms with Gasteiger partial charge < -0.3 is 20.1 Å². The first-order valence-corrected chi connectivity index (χ1v) is 7.44. The lowest BCUT2D eigenvalue weighted by atomic mass is 9.99. The highest BCUT2D eigenvalue weighted by atomic mass is 16.5. The summed E-state index contributed by atoms with van der Waals surface area (Å²) in [6.45, 7) is 2.56. The standard InChI is InChI=1S/C16H22N2O4/c1-22-11-13-3-2-8-18(10-13)16(21)17-9-12-4-6-14(7-5-12)15(19)20/h4-7,13H,2-3,8-11H2,1H3,(H,17,21)(H,19,20). The van der Waals surface area contributed by atoms with Crippen molar-refractivity contribution in [1.29, 1.82) is 0 Å². The predicted octanol–water partition coefficient (Wildman–Crippen LogP) is 1.95. The number of ether oxygens (including phenoxy) is 1. The van der Waals surface area contributed by atoms with Gasteiger partial charge in [0.1, 0.15) is 0 Å². The first-order valence-electron chi connectivity index (χ1n) is 7.44. The van der Waals surface area contributed by atoms with Crippen LogP contribution in [0.5, 0.6) is 0 Å². The topological polar surface area (TPSA) is 78.9 Å². The number of amides is 2. The first-order chi connectivity index (χ1) is 10.6. The molecule has 1 atom stereocenters. The lowest BCUT2D eigenvalue weighted by molar-refractivity contribution is 0.0696. The summed E-state index contributed by atoms with van der Waals surface area (Å²) in [6.07, 6.45) is 2.09. The summed E-state index contributed by atoms with van der Waals surface area (Å²) >= 11 is 0. The van der Waals surface area contributed by atoms with Gasteiger partial charge in [0.15, 0.2) is 0 Å². The molecule has 0 aliphatic carbocycles. The number of carbonyl (C=O) groups excluding carboxylic acids is 1. The van der Waals surface area contributed by atoms with Gasteiger partial charge in [-0.3, -0.25) is 0 Å². The number of nitrogens with zero attached hydrogens (tertiary/aromatic N) is 1. The number of urea groups is 1. The maximum absolute atomic E-state index is 12.2. The molecule has 1 aromatic carbocycles. The van der Waals surface area contributed by atoms with Crippen molar-refractivity contribution in [3.63, 3.8) is 0 Å². The maximum atomic E-state index is 12.2. The molecule has 1 saturated heterocycles. The van der Waals surface area contributed by atoms with Crippen LogP contribution in [0, 0.1) is 5.92 Å². The van der Waals surface area contributed by atoms with Gasteiger partial charge in [-0.05, 0) is 30.5 Å². The number of carboxylic acid groups (broad SMARTS) is 1. The molecule has 0 aromatic heterocycles. The lowest BCUT2D eigenvalue weighted by Gasteiger charge is -2.32. The van der Waals surface area contributed by atoms with Crippen molar-refractivity contribution in [2.24, 2.45) is 5.92 Å². The Balaban J connectivity index is 1.83. The number of carbonyl (C=O) groups is 2. The predicted molar refractivity (Wildman–Crippen MR) is 81.8 cm³/mol. The summed E-state index contributed by atoms with van der Waals surface area (Å²) in [4.78, 5) is 24.8. The van der Waals surface area contributed by atoms with E-state index in [2.05, 4.69) is 5.32 Å². The summed E-state index contributed by atoms with van der Waals surface area (Å²) < 4.78 is 5.16. The molecular weight excluding hydrogens is 284 g/mol. The van der Waals surface area contributed by atoms with Crippen LogP contribution in [0.3, 0.4) is 0 Å². The molecule has 0 radical (unpaired) electrons. The van der Waals surface area contributed by atoms with Crippen LogP contribution in [0.4, 0.5) is 4.79 Å². The second-order valence-electron chi connectivity index (χ2n) is 5.57. The SMILES string of the molecule is COCC1CCCN(C(=O)NCc2ccc(C(=O)O)cc2)C1. The van der Waals surface area contributed by atoms with Crippen LogP contribution < -0.4 is 5.32 Å². The molecule has 1 aliphatic rings. The number of hydrogen-bond donors (Lipinski definition) is 2. The van der Waals surface area contributed by atoms with E-state index < -0.39 is 5.97 Å². The van der Waals surface area contributed by atoms with Crippen LogP contribution in [0.2, 0.25) is 0 Å². The molecule has 6 heteroatoms. The smallest absolute Gasteiger partial charge is 0.335 e. The Morgan fingerprint density at radius 1 is 1.36 bits per heavy atom. The third-order valence-electron chi connectivity index (χ3n) is 3.85. The van der Waals surface area contributed by atoms with Gasteiger partial charge >= 0.3 is 12.0 Å². The number of aromatic carboxylic acids is 1. The van der Waals surface area contributed by atoms with Gasteiger partial charge in [0.05, 0.1) is 12.2 Å². The van der Waals surface area contributed by atoms with E-state index in [0.29, 0.717) is 19.1 Å². The van der Waals surface area contributed by atoms with Gasteiger partial charge in [-0.2, -0.15) is 0 Å². The van der Waals surface area contributed by atoms with E-state index in [0.717, 1.165) is 31.5 Å². The fraction of sp³-hybridized carbons (Fsp3) is 0.500. The van der Waals surface area contributed by atoms with Gasteiger partial charge in [0, 0.05) is 32.7 Å². The highest BCUT2D eigenvalue weighted by Crippen LogP contribution is 2.16. The number of carboxylic acids is 1. The molecular formula is C16H22N2O4. The number of nitrogens with one attached hydrogen (secondary N) is 1. The van der Waals surface area contributed by atoms with Crippen molar-refractivity contribution in [2.45, 2.75) is 19.4 Å². The largest absolute Gasteiger partial charge is 0.478 e. The number of hydrogen-bond acceptors (Lipinski definition) is 3. The second-order valence-corrected chi connectivity index (χ2v) is 5.57. The zero-order valence-electron chi connectivity index (χ0n) is 12.7. The van der Waals surface area contributed by atoms with Gasteiger partial charge in [-0.15, -0.1) is 0 Å². The molecule has 1 aliphatic heterocycles. The van der Waals surface area contributed by atoms with Crippen molar-refractivity contribution < 1.29 is 19.4 Å². The van der Waals surface area contributed by atoms with Crippen LogP contribution in [0.1, 0.15) is 28.8 Å². The molecule has 2 amide bonds. The number of methoxy groups -OCH3 is 1. The Kier molecular flexibility index (Phi) is 5.77. The summed E-state index contributed by atoms with van der Waals surface area (Å²) in [6, 6.07) is 6.43. The van der Waals surface area contributed by atoms with Crippen molar-refractivity contribution in [1.82, 2.24) is 10.2 Å². The van der Waals surface area contributed by atoms with Crippen LogP contribution in [-0.2, 0) is 11.3 Å². The third kappa shape index (κ3) is 4.46. The van der Waals surface area contributed by atoms with Crippen molar-refractivity contribution in [3.8, 4) is 0 Å². The van der Waals surface area contributed by atoms with Gasteiger partial charge in [-0.25, -0.2) is 9.59 Å².